The minimum atomic E-state index is -4.78. The van der Waals surface area contributed by atoms with E-state index in [0.717, 1.165) is 17.7 Å². The zero-order valence-electron chi connectivity index (χ0n) is 17.2. The minimum Gasteiger partial charge on any atom is -0.406 e. The summed E-state index contributed by atoms with van der Waals surface area (Å²) < 4.78 is 40.4. The van der Waals surface area contributed by atoms with Crippen molar-refractivity contribution < 1.29 is 27.5 Å². The van der Waals surface area contributed by atoms with Crippen molar-refractivity contribution >= 4 is 35.7 Å². The number of benzene rings is 2. The molecule has 4 N–H and O–H groups in total. The van der Waals surface area contributed by atoms with Crippen molar-refractivity contribution in [1.82, 2.24) is 4.90 Å². The first-order valence-corrected chi connectivity index (χ1v) is 9.63. The molecule has 1 fully saturated rings. The number of likely N-dealkylation sites (tertiary alicyclic amines) is 1. The first-order chi connectivity index (χ1) is 14.5. The topological polar surface area (TPSA) is 96.7 Å². The number of aryl methyl sites for hydroxylation is 1. The average molecular weight is 473 g/mol. The average Bonchev–Trinajstić information content (AvgIpc) is 2.70. The van der Waals surface area contributed by atoms with Crippen LogP contribution in [0.5, 0.6) is 5.75 Å². The zero-order chi connectivity index (χ0) is 22.6. The number of halogens is 4. The number of nitrogens with zero attached hydrogens (tertiary/aromatic N) is 1. The Balaban J connectivity index is 0.00000363. The third-order valence-corrected chi connectivity index (χ3v) is 5.04. The molecule has 1 aliphatic heterocycles. The van der Waals surface area contributed by atoms with E-state index in [0.29, 0.717) is 11.4 Å². The van der Waals surface area contributed by atoms with Crippen molar-refractivity contribution in [3.8, 4) is 5.75 Å². The highest BCUT2D eigenvalue weighted by Crippen LogP contribution is 2.25. The van der Waals surface area contributed by atoms with Crippen molar-refractivity contribution in [2.75, 3.05) is 23.7 Å². The standard InChI is InChI=1S/C21H23F3N4O3.ClH/c1-14-2-4-15(5-3-14)26-18(29)20(25)10-12-28(13-11-20)19(30)27-16-6-8-17(9-7-16)31-21(22,23)24;/h2-9H,10-13,25H2,1H3,(H,26,29)(H,27,30);1H. The fourth-order valence-corrected chi connectivity index (χ4v) is 3.17. The lowest BCUT2D eigenvalue weighted by Gasteiger charge is -2.37. The molecule has 32 heavy (non-hydrogen) atoms. The van der Waals surface area contributed by atoms with Crippen LogP contribution in [0.4, 0.5) is 29.3 Å². The molecule has 0 aromatic heterocycles. The van der Waals surface area contributed by atoms with Gasteiger partial charge in [0.25, 0.3) is 0 Å². The van der Waals surface area contributed by atoms with Gasteiger partial charge in [0.15, 0.2) is 0 Å². The molecule has 1 saturated heterocycles. The van der Waals surface area contributed by atoms with Crippen LogP contribution in [0.3, 0.4) is 0 Å². The Morgan fingerprint density at radius 3 is 2.00 bits per heavy atom. The maximum atomic E-state index is 12.6. The predicted octanol–water partition coefficient (Wildman–Crippen LogP) is 4.28. The third-order valence-electron chi connectivity index (χ3n) is 5.04. The Bertz CT molecular complexity index is 929. The summed E-state index contributed by atoms with van der Waals surface area (Å²) in [4.78, 5) is 26.6. The van der Waals surface area contributed by atoms with Gasteiger partial charge in [0.2, 0.25) is 5.91 Å². The number of alkyl halides is 3. The molecule has 0 radical (unpaired) electrons. The van der Waals surface area contributed by atoms with Gasteiger partial charge in [-0.1, -0.05) is 17.7 Å². The Morgan fingerprint density at radius 1 is 0.969 bits per heavy atom. The van der Waals surface area contributed by atoms with Gasteiger partial charge < -0.3 is 26.0 Å². The second-order valence-corrected chi connectivity index (χ2v) is 7.47. The van der Waals surface area contributed by atoms with Gasteiger partial charge in [-0.25, -0.2) is 4.79 Å². The first kappa shape index (κ1) is 25.3. The fraction of sp³-hybridized carbons (Fsp3) is 0.333. The van der Waals surface area contributed by atoms with Crippen molar-refractivity contribution in [1.29, 1.82) is 0 Å². The SMILES string of the molecule is Cc1ccc(NC(=O)C2(N)CCN(C(=O)Nc3ccc(OC(F)(F)F)cc3)CC2)cc1.Cl. The normalized spacial score (nSPS) is 15.3. The van der Waals surface area contributed by atoms with Crippen molar-refractivity contribution in [3.63, 3.8) is 0 Å². The monoisotopic (exact) mass is 472 g/mol. The van der Waals surface area contributed by atoms with Gasteiger partial charge in [0.05, 0.1) is 5.54 Å². The van der Waals surface area contributed by atoms with Crippen LogP contribution in [0.15, 0.2) is 48.5 Å². The molecule has 0 spiro atoms. The molecule has 174 valence electrons. The lowest BCUT2D eigenvalue weighted by Crippen LogP contribution is -2.58. The molecule has 3 amide bonds. The Morgan fingerprint density at radius 2 is 1.47 bits per heavy atom. The highest BCUT2D eigenvalue weighted by Gasteiger charge is 2.39. The highest BCUT2D eigenvalue weighted by molar-refractivity contribution is 5.98. The number of hydrogen-bond acceptors (Lipinski definition) is 4. The summed E-state index contributed by atoms with van der Waals surface area (Å²) in [6.07, 6.45) is -4.23. The Labute approximate surface area is 189 Å². The van der Waals surface area contributed by atoms with E-state index in [4.69, 9.17) is 5.73 Å². The molecule has 2 aromatic rings. The maximum absolute atomic E-state index is 12.6. The van der Waals surface area contributed by atoms with Crippen molar-refractivity contribution in [2.24, 2.45) is 5.73 Å². The predicted molar refractivity (Wildman–Crippen MR) is 117 cm³/mol. The second-order valence-electron chi connectivity index (χ2n) is 7.47. The fourth-order valence-electron chi connectivity index (χ4n) is 3.17. The van der Waals surface area contributed by atoms with Crippen LogP contribution in [0.1, 0.15) is 18.4 Å². The summed E-state index contributed by atoms with van der Waals surface area (Å²) >= 11 is 0. The lowest BCUT2D eigenvalue weighted by molar-refractivity contribution is -0.274. The number of anilines is 2. The zero-order valence-corrected chi connectivity index (χ0v) is 18.1. The molecule has 0 unspecified atom stereocenters. The first-order valence-electron chi connectivity index (χ1n) is 9.63. The smallest absolute Gasteiger partial charge is 0.406 e. The van der Waals surface area contributed by atoms with Crippen LogP contribution in [-0.2, 0) is 4.79 Å². The van der Waals surface area contributed by atoms with E-state index in [1.807, 2.05) is 19.1 Å². The van der Waals surface area contributed by atoms with Gasteiger partial charge in [-0.05, 0) is 56.2 Å². The number of ether oxygens (including phenoxy) is 1. The summed E-state index contributed by atoms with van der Waals surface area (Å²) in [5.74, 6) is -0.687. The van der Waals surface area contributed by atoms with E-state index in [-0.39, 0.29) is 50.0 Å². The van der Waals surface area contributed by atoms with Gasteiger partial charge in [-0.2, -0.15) is 0 Å². The highest BCUT2D eigenvalue weighted by atomic mass is 35.5. The molecule has 2 aromatic carbocycles. The molecule has 0 bridgehead atoms. The molecule has 0 atom stereocenters. The van der Waals surface area contributed by atoms with Gasteiger partial charge in [0.1, 0.15) is 5.75 Å². The van der Waals surface area contributed by atoms with Crippen molar-refractivity contribution in [2.45, 2.75) is 31.7 Å². The molecule has 1 aliphatic rings. The summed E-state index contributed by atoms with van der Waals surface area (Å²) in [6, 6.07) is 11.8. The molecule has 0 aliphatic carbocycles. The summed E-state index contributed by atoms with van der Waals surface area (Å²) in [6.45, 7) is 2.47. The third kappa shape index (κ3) is 6.76. The quantitative estimate of drug-likeness (QED) is 0.618. The Kier molecular flexibility index (Phi) is 7.97. The maximum Gasteiger partial charge on any atom is 0.573 e. The molecule has 7 nitrogen and oxygen atoms in total. The van der Waals surface area contributed by atoms with Crippen LogP contribution in [0, 0.1) is 6.92 Å². The molecular weight excluding hydrogens is 449 g/mol. The number of amides is 3. The molecule has 1 heterocycles. The van der Waals surface area contributed by atoms with Gasteiger partial charge in [-0.3, -0.25) is 4.79 Å². The number of urea groups is 1. The number of piperidine rings is 1. The lowest BCUT2D eigenvalue weighted by atomic mass is 9.87. The van der Waals surface area contributed by atoms with E-state index < -0.39 is 17.9 Å². The molecule has 0 saturated carbocycles. The van der Waals surface area contributed by atoms with Gasteiger partial charge in [-0.15, -0.1) is 25.6 Å². The second kappa shape index (κ2) is 10.1. The largest absolute Gasteiger partial charge is 0.573 e. The molecular formula is C21H24ClF3N4O3. The van der Waals surface area contributed by atoms with E-state index in [1.165, 1.54) is 17.0 Å². The van der Waals surface area contributed by atoms with Gasteiger partial charge >= 0.3 is 12.4 Å². The van der Waals surface area contributed by atoms with Crippen molar-refractivity contribution in [3.05, 3.63) is 54.1 Å². The summed E-state index contributed by atoms with van der Waals surface area (Å²) in [5, 5.41) is 5.42. The number of nitrogens with two attached hydrogens (primary N) is 1. The van der Waals surface area contributed by atoms with E-state index in [1.54, 1.807) is 12.1 Å². The van der Waals surface area contributed by atoms with Crippen LogP contribution < -0.4 is 21.1 Å². The minimum absolute atomic E-state index is 0. The Hall–Kier alpha value is -2.98. The number of rotatable bonds is 4. The number of nitrogens with one attached hydrogen (secondary N) is 2. The van der Waals surface area contributed by atoms with Crippen LogP contribution in [0.25, 0.3) is 0 Å². The number of carbonyl (C=O) groups is 2. The van der Waals surface area contributed by atoms with Crippen LogP contribution in [0.2, 0.25) is 0 Å². The summed E-state index contributed by atoms with van der Waals surface area (Å²) in [7, 11) is 0. The van der Waals surface area contributed by atoms with Crippen LogP contribution in [-0.4, -0.2) is 41.8 Å². The van der Waals surface area contributed by atoms with E-state index in [2.05, 4.69) is 15.4 Å². The summed E-state index contributed by atoms with van der Waals surface area (Å²) in [5.41, 5.74) is 7.23. The van der Waals surface area contributed by atoms with Gasteiger partial charge in [0, 0.05) is 24.5 Å². The van der Waals surface area contributed by atoms with E-state index >= 15 is 0 Å². The molecule has 3 rings (SSSR count). The molecule has 11 heteroatoms. The van der Waals surface area contributed by atoms with Crippen LogP contribution >= 0.6 is 12.4 Å². The van der Waals surface area contributed by atoms with E-state index in [9.17, 15) is 22.8 Å². The number of carbonyl (C=O) groups excluding carboxylic acids is 2. The number of hydrogen-bond donors (Lipinski definition) is 3.